The second-order valence-electron chi connectivity index (χ2n) is 12.6. The van der Waals surface area contributed by atoms with E-state index in [4.69, 9.17) is 4.74 Å². The molecule has 8 rings (SSSR count). The van der Waals surface area contributed by atoms with Crippen molar-refractivity contribution < 1.29 is 23.8 Å². The summed E-state index contributed by atoms with van der Waals surface area (Å²) < 4.78 is 21.8. The number of aliphatic carboxylic acids is 1. The van der Waals surface area contributed by atoms with Crippen LogP contribution in [0.3, 0.4) is 0 Å². The Morgan fingerprint density at radius 1 is 1.00 bits per heavy atom. The number of benzene rings is 1. The lowest BCUT2D eigenvalue weighted by Crippen LogP contribution is -2.49. The first kappa shape index (κ1) is 21.2. The molecule has 182 valence electrons. The van der Waals surface area contributed by atoms with Crippen molar-refractivity contribution >= 4 is 11.9 Å². The maximum absolute atomic E-state index is 15.4. The Balaban J connectivity index is 1.15. The molecule has 7 aliphatic rings. The predicted octanol–water partition coefficient (Wildman–Crippen LogP) is 5.38. The zero-order valence-electron chi connectivity index (χ0n) is 19.7. The van der Waals surface area contributed by atoms with E-state index in [1.165, 1.54) is 49.5 Å². The lowest BCUT2D eigenvalue weighted by molar-refractivity contribution is -0.143. The molecule has 6 saturated carbocycles. The van der Waals surface area contributed by atoms with E-state index >= 15 is 4.39 Å². The Hall–Kier alpha value is -2.11. The maximum Gasteiger partial charge on any atom is 0.326 e. The van der Waals surface area contributed by atoms with Crippen molar-refractivity contribution in [1.82, 2.24) is 4.90 Å². The minimum absolute atomic E-state index is 0.0136. The predicted molar refractivity (Wildman–Crippen MR) is 123 cm³/mol. The molecule has 3 atom stereocenters. The number of piperidine rings is 1. The van der Waals surface area contributed by atoms with Gasteiger partial charge in [0.05, 0.1) is 12.2 Å². The van der Waals surface area contributed by atoms with Gasteiger partial charge in [-0.3, -0.25) is 4.79 Å². The van der Waals surface area contributed by atoms with Crippen LogP contribution in [0.15, 0.2) is 12.1 Å². The first-order valence-corrected chi connectivity index (χ1v) is 13.4. The van der Waals surface area contributed by atoms with E-state index in [1.807, 2.05) is 0 Å². The van der Waals surface area contributed by atoms with Crippen LogP contribution in [0.5, 0.6) is 5.75 Å². The van der Waals surface area contributed by atoms with Gasteiger partial charge in [-0.25, -0.2) is 9.18 Å². The fourth-order valence-corrected chi connectivity index (χ4v) is 9.01. The molecular formula is C28H34FNO4. The summed E-state index contributed by atoms with van der Waals surface area (Å²) >= 11 is 0. The van der Waals surface area contributed by atoms with Crippen LogP contribution in [-0.2, 0) is 4.79 Å². The molecule has 0 radical (unpaired) electrons. The number of carbonyl (C=O) groups is 2. The second-order valence-corrected chi connectivity index (χ2v) is 12.6. The van der Waals surface area contributed by atoms with Crippen molar-refractivity contribution in [2.24, 2.45) is 29.1 Å². The molecule has 1 aromatic rings. The summed E-state index contributed by atoms with van der Waals surface area (Å²) in [6.45, 7) is 0.653. The van der Waals surface area contributed by atoms with E-state index in [0.717, 1.165) is 49.0 Å². The number of nitrogens with zero attached hydrogens (tertiary/aromatic N) is 1. The Morgan fingerprint density at radius 2 is 1.68 bits per heavy atom. The minimum Gasteiger partial charge on any atom is -0.493 e. The lowest BCUT2D eigenvalue weighted by Gasteiger charge is -2.56. The van der Waals surface area contributed by atoms with Crippen LogP contribution in [-0.4, -0.2) is 40.6 Å². The van der Waals surface area contributed by atoms with Gasteiger partial charge in [-0.05, 0) is 112 Å². The highest BCUT2D eigenvalue weighted by atomic mass is 19.1. The van der Waals surface area contributed by atoms with Crippen molar-refractivity contribution in [1.29, 1.82) is 0 Å². The molecule has 0 aromatic heterocycles. The third-order valence-corrected chi connectivity index (χ3v) is 10.1. The van der Waals surface area contributed by atoms with Crippen molar-refractivity contribution in [3.05, 3.63) is 29.1 Å². The molecule has 1 N–H and O–H groups in total. The summed E-state index contributed by atoms with van der Waals surface area (Å²) in [5.41, 5.74) is 1.19. The Bertz CT molecular complexity index is 1010. The second kappa shape index (κ2) is 7.44. The summed E-state index contributed by atoms with van der Waals surface area (Å²) in [6.07, 6.45) is 12.3. The van der Waals surface area contributed by atoms with Crippen molar-refractivity contribution in [3.63, 3.8) is 0 Å². The fourth-order valence-electron chi connectivity index (χ4n) is 9.01. The van der Waals surface area contributed by atoms with Crippen LogP contribution < -0.4 is 4.74 Å². The van der Waals surface area contributed by atoms with Gasteiger partial charge in [-0.15, -0.1) is 0 Å². The molecule has 0 spiro atoms. The van der Waals surface area contributed by atoms with Gasteiger partial charge >= 0.3 is 5.97 Å². The molecule has 1 amide bonds. The van der Waals surface area contributed by atoms with Crippen LogP contribution >= 0.6 is 0 Å². The highest BCUT2D eigenvalue weighted by Gasteiger charge is 2.53. The average molecular weight is 468 g/mol. The van der Waals surface area contributed by atoms with Gasteiger partial charge in [0.15, 0.2) is 0 Å². The Labute approximate surface area is 200 Å². The molecular weight excluding hydrogens is 433 g/mol. The van der Waals surface area contributed by atoms with Gasteiger partial charge in [0.2, 0.25) is 0 Å². The lowest BCUT2D eigenvalue weighted by atomic mass is 9.50. The molecule has 1 aliphatic heterocycles. The summed E-state index contributed by atoms with van der Waals surface area (Å²) in [6, 6.07) is 2.19. The zero-order chi connectivity index (χ0) is 23.2. The molecule has 1 saturated heterocycles. The first-order chi connectivity index (χ1) is 16.4. The molecule has 6 aliphatic carbocycles. The van der Waals surface area contributed by atoms with E-state index in [-0.39, 0.29) is 22.9 Å². The molecule has 5 nitrogen and oxygen atoms in total. The van der Waals surface area contributed by atoms with E-state index in [9.17, 15) is 14.7 Å². The quantitative estimate of drug-likeness (QED) is 0.610. The SMILES string of the molecule is O=C(O)[C@@H]1[C@H]2CCC(C2)N1C(=O)c1cc(C2CC2)c(OCC23CC4CC(CC(C4)C2)C3)cc1F. The summed E-state index contributed by atoms with van der Waals surface area (Å²) in [5.74, 6) is 1.40. The van der Waals surface area contributed by atoms with Gasteiger partial charge in [0, 0.05) is 17.5 Å². The normalized spacial score (nSPS) is 39.6. The van der Waals surface area contributed by atoms with Crippen molar-refractivity contribution in [2.75, 3.05) is 6.61 Å². The molecule has 34 heavy (non-hydrogen) atoms. The van der Waals surface area contributed by atoms with Gasteiger partial charge in [0.1, 0.15) is 17.6 Å². The number of fused-ring (bicyclic) bond motifs is 2. The van der Waals surface area contributed by atoms with E-state index < -0.39 is 23.7 Å². The maximum atomic E-state index is 15.4. The van der Waals surface area contributed by atoms with Gasteiger partial charge < -0.3 is 14.7 Å². The molecule has 6 bridgehead atoms. The number of likely N-dealkylation sites (tertiary alicyclic amines) is 1. The number of carboxylic acid groups (broad SMARTS) is 1. The molecule has 1 heterocycles. The highest BCUT2D eigenvalue weighted by molar-refractivity contribution is 5.98. The third-order valence-electron chi connectivity index (χ3n) is 10.1. The third kappa shape index (κ3) is 3.30. The van der Waals surface area contributed by atoms with Gasteiger partial charge in [-0.2, -0.15) is 0 Å². The molecule has 1 unspecified atom stereocenters. The minimum atomic E-state index is -0.973. The largest absolute Gasteiger partial charge is 0.493 e. The van der Waals surface area contributed by atoms with E-state index in [2.05, 4.69) is 0 Å². The number of hydrogen-bond acceptors (Lipinski definition) is 3. The monoisotopic (exact) mass is 467 g/mol. The number of ether oxygens (including phenoxy) is 1. The number of carboxylic acids is 1. The van der Waals surface area contributed by atoms with Crippen molar-refractivity contribution in [3.8, 4) is 5.75 Å². The van der Waals surface area contributed by atoms with Crippen molar-refractivity contribution in [2.45, 2.75) is 88.6 Å². The van der Waals surface area contributed by atoms with Gasteiger partial charge in [-0.1, -0.05) is 0 Å². The number of amides is 1. The molecule has 6 heteroatoms. The van der Waals surface area contributed by atoms with Crippen LogP contribution in [0, 0.1) is 34.9 Å². The average Bonchev–Trinajstić information content (AvgIpc) is 3.42. The Kier molecular flexibility index (Phi) is 4.64. The van der Waals surface area contributed by atoms with E-state index in [0.29, 0.717) is 24.7 Å². The zero-order valence-corrected chi connectivity index (χ0v) is 19.7. The summed E-state index contributed by atoms with van der Waals surface area (Å²) in [5, 5.41) is 9.75. The first-order valence-electron chi connectivity index (χ1n) is 13.4. The standard InChI is InChI=1S/C28H34FNO4/c29-23-10-24(34-14-28-11-15-5-16(12-28)7-17(6-15)13-28)21(18-1-2-18)9-22(23)26(31)30-20-4-3-19(8-20)25(30)27(32)33/h9-10,15-20,25H,1-8,11-14H2,(H,32,33)/t15?,16?,17?,19-,20?,25-,28?/m0/s1. The topological polar surface area (TPSA) is 66.8 Å². The summed E-state index contributed by atoms with van der Waals surface area (Å²) in [7, 11) is 0. The number of carbonyl (C=O) groups excluding carboxylic acids is 1. The van der Waals surface area contributed by atoms with Crippen LogP contribution in [0.1, 0.15) is 92.5 Å². The fraction of sp³-hybridized carbons (Fsp3) is 0.714. The van der Waals surface area contributed by atoms with Crippen LogP contribution in [0.25, 0.3) is 0 Å². The smallest absolute Gasteiger partial charge is 0.326 e. The summed E-state index contributed by atoms with van der Waals surface area (Å²) in [4.78, 5) is 26.8. The van der Waals surface area contributed by atoms with Gasteiger partial charge in [0.25, 0.3) is 5.91 Å². The van der Waals surface area contributed by atoms with Crippen LogP contribution in [0.4, 0.5) is 4.39 Å². The number of rotatable bonds is 6. The Morgan fingerprint density at radius 3 is 2.29 bits per heavy atom. The van der Waals surface area contributed by atoms with E-state index in [1.54, 1.807) is 6.07 Å². The van der Waals surface area contributed by atoms with Crippen LogP contribution in [0.2, 0.25) is 0 Å². The number of hydrogen-bond donors (Lipinski definition) is 1. The number of halogens is 1. The molecule has 1 aromatic carbocycles. The molecule has 7 fully saturated rings. The highest BCUT2D eigenvalue weighted by Crippen LogP contribution is 2.60.